The highest BCUT2D eigenvalue weighted by molar-refractivity contribution is 6.32. The highest BCUT2D eigenvalue weighted by atomic mass is 35.5. The van der Waals surface area contributed by atoms with Gasteiger partial charge in [-0.15, -0.1) is 0 Å². The molecular weight excluding hydrogens is 288 g/mol. The Morgan fingerprint density at radius 3 is 2.71 bits per heavy atom. The summed E-state index contributed by atoms with van der Waals surface area (Å²) in [6.45, 7) is 1.83. The van der Waals surface area contributed by atoms with Gasteiger partial charge in [0.1, 0.15) is 5.75 Å². The molecule has 5 heteroatoms. The maximum Gasteiger partial charge on any atom is 0.277 e. The minimum Gasteiger partial charge on any atom is -0.482 e. The fourth-order valence-corrected chi connectivity index (χ4v) is 1.83. The summed E-state index contributed by atoms with van der Waals surface area (Å²) in [7, 11) is 0. The molecule has 0 aromatic heterocycles. The Labute approximate surface area is 128 Å². The van der Waals surface area contributed by atoms with Gasteiger partial charge in [0, 0.05) is 0 Å². The molecule has 0 bridgehead atoms. The molecule has 0 radical (unpaired) electrons. The van der Waals surface area contributed by atoms with Crippen molar-refractivity contribution in [1.82, 2.24) is 5.43 Å². The highest BCUT2D eigenvalue weighted by Crippen LogP contribution is 2.22. The van der Waals surface area contributed by atoms with Crippen molar-refractivity contribution < 1.29 is 9.53 Å². The molecule has 0 saturated carbocycles. The van der Waals surface area contributed by atoms with E-state index in [-0.39, 0.29) is 12.5 Å². The highest BCUT2D eigenvalue weighted by Gasteiger charge is 2.04. The maximum atomic E-state index is 11.6. The van der Waals surface area contributed by atoms with Crippen molar-refractivity contribution in [3.63, 3.8) is 0 Å². The van der Waals surface area contributed by atoms with Gasteiger partial charge in [-0.2, -0.15) is 5.10 Å². The number of nitrogens with one attached hydrogen (secondary N) is 1. The molecule has 0 aliphatic carbocycles. The van der Waals surface area contributed by atoms with Crippen LogP contribution in [0.4, 0.5) is 0 Å². The van der Waals surface area contributed by atoms with Crippen molar-refractivity contribution in [3.05, 3.63) is 64.7 Å². The van der Waals surface area contributed by atoms with Crippen LogP contribution in [0.2, 0.25) is 5.02 Å². The molecule has 1 N–H and O–H groups in total. The van der Waals surface area contributed by atoms with Crippen LogP contribution in [0.25, 0.3) is 0 Å². The lowest BCUT2D eigenvalue weighted by Gasteiger charge is -2.06. The molecule has 0 saturated heterocycles. The third-order valence-electron chi connectivity index (χ3n) is 2.78. The first-order valence-corrected chi connectivity index (χ1v) is 6.79. The van der Waals surface area contributed by atoms with Crippen molar-refractivity contribution in [2.24, 2.45) is 5.10 Å². The summed E-state index contributed by atoms with van der Waals surface area (Å²) in [5.41, 5.74) is 4.45. The molecule has 0 fully saturated rings. The Balaban J connectivity index is 1.83. The number of halogens is 1. The van der Waals surface area contributed by atoms with Crippen LogP contribution in [0, 0.1) is 6.92 Å². The first-order valence-electron chi connectivity index (χ1n) is 6.41. The number of aryl methyl sites for hydroxylation is 1. The maximum absolute atomic E-state index is 11.6. The van der Waals surface area contributed by atoms with Crippen molar-refractivity contribution in [3.8, 4) is 5.75 Å². The van der Waals surface area contributed by atoms with E-state index in [1.807, 2.05) is 31.2 Å². The number of rotatable bonds is 5. The van der Waals surface area contributed by atoms with Crippen molar-refractivity contribution >= 4 is 23.7 Å². The van der Waals surface area contributed by atoms with Crippen LogP contribution in [-0.2, 0) is 4.79 Å². The summed E-state index contributed by atoms with van der Waals surface area (Å²) in [5.74, 6) is 0.122. The standard InChI is InChI=1S/C16H15ClN2O2/c1-12-6-2-3-7-13(12)10-18-19-16(20)11-21-15-9-5-4-8-14(15)17/h2-10H,11H2,1H3,(H,19,20). The number of carbonyl (C=O) groups excluding carboxylic acids is 1. The SMILES string of the molecule is Cc1ccccc1C=NNC(=O)COc1ccccc1Cl. The number of carbonyl (C=O) groups is 1. The van der Waals surface area contributed by atoms with Crippen LogP contribution < -0.4 is 10.2 Å². The number of hydrogen-bond acceptors (Lipinski definition) is 3. The molecular formula is C16H15ClN2O2. The average Bonchev–Trinajstić information content (AvgIpc) is 2.48. The zero-order valence-electron chi connectivity index (χ0n) is 11.5. The smallest absolute Gasteiger partial charge is 0.277 e. The number of hydrazone groups is 1. The van der Waals surface area contributed by atoms with Gasteiger partial charge in [-0.1, -0.05) is 48.0 Å². The lowest BCUT2D eigenvalue weighted by atomic mass is 10.1. The molecule has 2 rings (SSSR count). The van der Waals surface area contributed by atoms with Gasteiger partial charge in [0.2, 0.25) is 0 Å². The molecule has 0 unspecified atom stereocenters. The lowest BCUT2D eigenvalue weighted by Crippen LogP contribution is -2.24. The third kappa shape index (κ3) is 4.61. The summed E-state index contributed by atoms with van der Waals surface area (Å²) in [5, 5.41) is 4.37. The minimum absolute atomic E-state index is 0.144. The third-order valence-corrected chi connectivity index (χ3v) is 3.09. The van der Waals surface area contributed by atoms with Gasteiger partial charge >= 0.3 is 0 Å². The molecule has 2 aromatic rings. The quantitative estimate of drug-likeness (QED) is 0.681. The zero-order chi connectivity index (χ0) is 15.1. The second-order valence-electron chi connectivity index (χ2n) is 4.37. The Bertz CT molecular complexity index is 656. The lowest BCUT2D eigenvalue weighted by molar-refractivity contribution is -0.123. The van der Waals surface area contributed by atoms with E-state index in [1.54, 1.807) is 30.5 Å². The van der Waals surface area contributed by atoms with Crippen molar-refractivity contribution in [1.29, 1.82) is 0 Å². The van der Waals surface area contributed by atoms with Crippen molar-refractivity contribution in [2.75, 3.05) is 6.61 Å². The molecule has 21 heavy (non-hydrogen) atoms. The van der Waals surface area contributed by atoms with Crippen LogP contribution in [0.15, 0.2) is 53.6 Å². The molecule has 0 aliphatic rings. The van der Waals surface area contributed by atoms with Crippen LogP contribution in [0.5, 0.6) is 5.75 Å². The molecule has 1 amide bonds. The Kier molecular flexibility index (Phi) is 5.35. The number of nitrogens with zero attached hydrogens (tertiary/aromatic N) is 1. The van der Waals surface area contributed by atoms with E-state index in [1.165, 1.54) is 0 Å². The van der Waals surface area contributed by atoms with E-state index in [0.29, 0.717) is 10.8 Å². The average molecular weight is 303 g/mol. The number of benzene rings is 2. The largest absolute Gasteiger partial charge is 0.482 e. The van der Waals surface area contributed by atoms with Gasteiger partial charge in [0.05, 0.1) is 11.2 Å². The van der Waals surface area contributed by atoms with E-state index in [0.717, 1.165) is 11.1 Å². The first kappa shape index (κ1) is 15.1. The van der Waals surface area contributed by atoms with E-state index >= 15 is 0 Å². The predicted molar refractivity (Wildman–Crippen MR) is 83.9 cm³/mol. The second kappa shape index (κ2) is 7.45. The van der Waals surface area contributed by atoms with Crippen LogP contribution in [-0.4, -0.2) is 18.7 Å². The Morgan fingerprint density at radius 2 is 1.95 bits per heavy atom. The number of para-hydroxylation sites is 1. The van der Waals surface area contributed by atoms with Gasteiger partial charge < -0.3 is 4.74 Å². The van der Waals surface area contributed by atoms with Crippen LogP contribution >= 0.6 is 11.6 Å². The second-order valence-corrected chi connectivity index (χ2v) is 4.78. The molecule has 0 heterocycles. The van der Waals surface area contributed by atoms with E-state index in [2.05, 4.69) is 10.5 Å². The summed E-state index contributed by atoms with van der Waals surface area (Å²) in [4.78, 5) is 11.6. The summed E-state index contributed by atoms with van der Waals surface area (Å²) in [6.07, 6.45) is 1.60. The van der Waals surface area contributed by atoms with Crippen LogP contribution in [0.1, 0.15) is 11.1 Å². The molecule has 2 aromatic carbocycles. The fraction of sp³-hybridized carbons (Fsp3) is 0.125. The van der Waals surface area contributed by atoms with Gasteiger partial charge in [-0.05, 0) is 30.2 Å². The van der Waals surface area contributed by atoms with Crippen molar-refractivity contribution in [2.45, 2.75) is 6.92 Å². The molecule has 0 atom stereocenters. The predicted octanol–water partition coefficient (Wildman–Crippen LogP) is 3.18. The Morgan fingerprint density at radius 1 is 1.24 bits per heavy atom. The molecule has 108 valence electrons. The monoisotopic (exact) mass is 302 g/mol. The first-order chi connectivity index (χ1) is 10.2. The number of hydrogen-bond donors (Lipinski definition) is 1. The Hall–Kier alpha value is -2.33. The van der Waals surface area contributed by atoms with Crippen LogP contribution in [0.3, 0.4) is 0 Å². The topological polar surface area (TPSA) is 50.7 Å². The number of ether oxygens (including phenoxy) is 1. The van der Waals surface area contributed by atoms with E-state index in [4.69, 9.17) is 16.3 Å². The normalized spacial score (nSPS) is 10.6. The van der Waals surface area contributed by atoms with Gasteiger partial charge in [0.25, 0.3) is 5.91 Å². The molecule has 4 nitrogen and oxygen atoms in total. The fourth-order valence-electron chi connectivity index (χ4n) is 1.64. The minimum atomic E-state index is -0.347. The van der Waals surface area contributed by atoms with Gasteiger partial charge in [0.15, 0.2) is 6.61 Å². The van der Waals surface area contributed by atoms with Gasteiger partial charge in [-0.3, -0.25) is 4.79 Å². The molecule has 0 aliphatic heterocycles. The summed E-state index contributed by atoms with van der Waals surface area (Å²) in [6, 6.07) is 14.7. The van der Waals surface area contributed by atoms with Gasteiger partial charge in [-0.25, -0.2) is 5.43 Å². The molecule has 0 spiro atoms. The van der Waals surface area contributed by atoms with E-state index < -0.39 is 0 Å². The summed E-state index contributed by atoms with van der Waals surface area (Å²) >= 11 is 5.92. The summed E-state index contributed by atoms with van der Waals surface area (Å²) < 4.78 is 5.31. The zero-order valence-corrected chi connectivity index (χ0v) is 12.3. The van der Waals surface area contributed by atoms with E-state index in [9.17, 15) is 4.79 Å². The number of amides is 1.